The van der Waals surface area contributed by atoms with E-state index >= 15 is 0 Å². The van der Waals surface area contributed by atoms with Crippen molar-refractivity contribution < 1.29 is 9.69 Å². The van der Waals surface area contributed by atoms with Gasteiger partial charge in [-0.25, -0.2) is 0 Å². The minimum Gasteiger partial charge on any atom is -0.368 e. The van der Waals surface area contributed by atoms with Crippen LogP contribution in [0.1, 0.15) is 11.1 Å². The first-order chi connectivity index (χ1) is 14.1. The summed E-state index contributed by atoms with van der Waals surface area (Å²) in [4.78, 5) is 21.2. The standard InChI is InChI=1S/C24H32N4O/c1-20-7-6-10-23(21(20)2)27-13-11-25(12-14-27)19-24(29)28-17-15-26(16-18-28)22-8-4-3-5-9-22/h3-10H,11-19H2,1-2H3/p+1. The monoisotopic (exact) mass is 393 g/mol. The van der Waals surface area contributed by atoms with E-state index < -0.39 is 0 Å². The lowest BCUT2D eigenvalue weighted by molar-refractivity contribution is -0.892. The molecule has 2 heterocycles. The number of para-hydroxylation sites is 1. The van der Waals surface area contributed by atoms with Gasteiger partial charge in [0.2, 0.25) is 0 Å². The Morgan fingerprint density at radius 1 is 0.828 bits per heavy atom. The lowest BCUT2D eigenvalue weighted by Crippen LogP contribution is -3.16. The average molecular weight is 394 g/mol. The fourth-order valence-corrected chi connectivity index (χ4v) is 4.50. The van der Waals surface area contributed by atoms with Crippen molar-refractivity contribution >= 4 is 17.3 Å². The Kier molecular flexibility index (Phi) is 6.05. The highest BCUT2D eigenvalue weighted by Crippen LogP contribution is 2.22. The number of quaternary nitrogens is 1. The molecule has 0 bridgehead atoms. The average Bonchev–Trinajstić information content (AvgIpc) is 2.77. The zero-order valence-corrected chi connectivity index (χ0v) is 17.7. The predicted molar refractivity (Wildman–Crippen MR) is 119 cm³/mol. The Morgan fingerprint density at radius 2 is 1.52 bits per heavy atom. The summed E-state index contributed by atoms with van der Waals surface area (Å²) in [6.07, 6.45) is 0. The third-order valence-electron chi connectivity index (χ3n) is 6.54. The first-order valence-electron chi connectivity index (χ1n) is 10.8. The van der Waals surface area contributed by atoms with E-state index in [4.69, 9.17) is 0 Å². The van der Waals surface area contributed by atoms with Gasteiger partial charge in [0.25, 0.3) is 5.91 Å². The van der Waals surface area contributed by atoms with Gasteiger partial charge in [-0.15, -0.1) is 0 Å². The molecule has 5 nitrogen and oxygen atoms in total. The van der Waals surface area contributed by atoms with E-state index in [0.717, 1.165) is 52.4 Å². The summed E-state index contributed by atoms with van der Waals surface area (Å²) in [5.74, 6) is 0.313. The highest BCUT2D eigenvalue weighted by Gasteiger charge is 2.27. The molecule has 2 aromatic carbocycles. The van der Waals surface area contributed by atoms with Crippen molar-refractivity contribution in [1.82, 2.24) is 4.90 Å². The van der Waals surface area contributed by atoms with E-state index in [1.165, 1.54) is 27.4 Å². The smallest absolute Gasteiger partial charge is 0.277 e. The highest BCUT2D eigenvalue weighted by molar-refractivity contribution is 5.77. The summed E-state index contributed by atoms with van der Waals surface area (Å²) in [6.45, 7) is 12.6. The van der Waals surface area contributed by atoms with Crippen molar-refractivity contribution in [1.29, 1.82) is 0 Å². The molecule has 2 saturated heterocycles. The van der Waals surface area contributed by atoms with Crippen LogP contribution in [0.3, 0.4) is 0 Å². The molecule has 0 saturated carbocycles. The number of nitrogens with one attached hydrogen (secondary N) is 1. The summed E-state index contributed by atoms with van der Waals surface area (Å²) in [7, 11) is 0. The van der Waals surface area contributed by atoms with Crippen molar-refractivity contribution in [2.24, 2.45) is 0 Å². The van der Waals surface area contributed by atoms with Gasteiger partial charge in [0, 0.05) is 37.6 Å². The van der Waals surface area contributed by atoms with Crippen LogP contribution in [0.25, 0.3) is 0 Å². The number of hydrogen-bond acceptors (Lipinski definition) is 3. The molecule has 0 aromatic heterocycles. The molecule has 0 spiro atoms. The number of rotatable bonds is 4. The number of benzene rings is 2. The van der Waals surface area contributed by atoms with Gasteiger partial charge < -0.3 is 19.6 Å². The van der Waals surface area contributed by atoms with Gasteiger partial charge in [-0.05, 0) is 43.2 Å². The molecule has 2 aliphatic heterocycles. The second-order valence-corrected chi connectivity index (χ2v) is 8.34. The van der Waals surface area contributed by atoms with Crippen LogP contribution >= 0.6 is 0 Å². The lowest BCUT2D eigenvalue weighted by Gasteiger charge is -2.38. The van der Waals surface area contributed by atoms with Gasteiger partial charge >= 0.3 is 0 Å². The molecule has 5 heteroatoms. The van der Waals surface area contributed by atoms with Gasteiger partial charge in [0.15, 0.2) is 6.54 Å². The Hall–Kier alpha value is -2.53. The van der Waals surface area contributed by atoms with E-state index in [1.54, 1.807) is 0 Å². The molecular formula is C24H33N4O+. The van der Waals surface area contributed by atoms with Gasteiger partial charge in [-0.1, -0.05) is 30.3 Å². The van der Waals surface area contributed by atoms with Gasteiger partial charge in [0.1, 0.15) is 0 Å². The van der Waals surface area contributed by atoms with E-state index in [0.29, 0.717) is 12.5 Å². The van der Waals surface area contributed by atoms with Crippen LogP contribution in [0.2, 0.25) is 0 Å². The Bertz CT molecular complexity index is 822. The number of nitrogens with zero attached hydrogens (tertiary/aromatic N) is 3. The van der Waals surface area contributed by atoms with Crippen molar-refractivity contribution in [3.63, 3.8) is 0 Å². The van der Waals surface area contributed by atoms with E-state index in [-0.39, 0.29) is 0 Å². The van der Waals surface area contributed by atoms with Crippen molar-refractivity contribution in [2.75, 3.05) is 68.7 Å². The van der Waals surface area contributed by atoms with Gasteiger partial charge in [0.05, 0.1) is 26.2 Å². The zero-order valence-electron chi connectivity index (χ0n) is 17.7. The van der Waals surface area contributed by atoms with Crippen molar-refractivity contribution in [3.05, 3.63) is 59.7 Å². The number of piperazine rings is 2. The number of hydrogen-bond donors (Lipinski definition) is 1. The van der Waals surface area contributed by atoms with Crippen LogP contribution in [0.5, 0.6) is 0 Å². The molecule has 0 atom stereocenters. The molecule has 2 aromatic rings. The van der Waals surface area contributed by atoms with Crippen molar-refractivity contribution in [3.8, 4) is 0 Å². The maximum absolute atomic E-state index is 12.8. The largest absolute Gasteiger partial charge is 0.368 e. The highest BCUT2D eigenvalue weighted by atomic mass is 16.2. The number of anilines is 2. The van der Waals surface area contributed by atoms with Crippen LogP contribution in [0.4, 0.5) is 11.4 Å². The summed E-state index contributed by atoms with van der Waals surface area (Å²) in [5.41, 5.74) is 5.34. The van der Waals surface area contributed by atoms with Gasteiger partial charge in [-0.2, -0.15) is 0 Å². The molecule has 29 heavy (non-hydrogen) atoms. The summed E-state index contributed by atoms with van der Waals surface area (Å²) in [6, 6.07) is 17.1. The maximum Gasteiger partial charge on any atom is 0.277 e. The first-order valence-corrected chi connectivity index (χ1v) is 10.8. The van der Waals surface area contributed by atoms with Crippen molar-refractivity contribution in [2.45, 2.75) is 13.8 Å². The molecule has 1 amide bonds. The molecule has 2 aliphatic rings. The molecule has 0 aliphatic carbocycles. The third-order valence-corrected chi connectivity index (χ3v) is 6.54. The second-order valence-electron chi connectivity index (χ2n) is 8.34. The van der Waals surface area contributed by atoms with Gasteiger partial charge in [-0.3, -0.25) is 4.79 Å². The quantitative estimate of drug-likeness (QED) is 0.851. The Morgan fingerprint density at radius 3 is 2.21 bits per heavy atom. The molecule has 4 rings (SSSR count). The number of amides is 1. The summed E-state index contributed by atoms with van der Waals surface area (Å²) >= 11 is 0. The van der Waals surface area contributed by atoms with Crippen LogP contribution in [-0.4, -0.2) is 69.7 Å². The minimum atomic E-state index is 0.313. The number of carbonyl (C=O) groups is 1. The molecular weight excluding hydrogens is 360 g/mol. The van der Waals surface area contributed by atoms with E-state index in [1.807, 2.05) is 6.07 Å². The third kappa shape index (κ3) is 4.56. The van der Waals surface area contributed by atoms with E-state index in [2.05, 4.69) is 71.0 Å². The van der Waals surface area contributed by atoms with Crippen LogP contribution in [0, 0.1) is 13.8 Å². The second kappa shape index (κ2) is 8.87. The number of aryl methyl sites for hydroxylation is 1. The maximum atomic E-state index is 12.8. The summed E-state index contributed by atoms with van der Waals surface area (Å²) < 4.78 is 0. The molecule has 2 fully saturated rings. The van der Waals surface area contributed by atoms with E-state index in [9.17, 15) is 4.79 Å². The van der Waals surface area contributed by atoms with Crippen LogP contribution < -0.4 is 14.7 Å². The Labute approximate surface area is 174 Å². The number of carbonyl (C=O) groups excluding carboxylic acids is 1. The first kappa shape index (κ1) is 19.8. The Balaban J connectivity index is 1.25. The summed E-state index contributed by atoms with van der Waals surface area (Å²) in [5, 5.41) is 0. The molecule has 0 unspecified atom stereocenters. The minimum absolute atomic E-state index is 0.313. The zero-order chi connectivity index (χ0) is 20.2. The van der Waals surface area contributed by atoms with Crippen LogP contribution in [0.15, 0.2) is 48.5 Å². The fraction of sp³-hybridized carbons (Fsp3) is 0.458. The normalized spacial score (nSPS) is 18.2. The molecule has 0 radical (unpaired) electrons. The molecule has 1 N–H and O–H groups in total. The molecule has 154 valence electrons. The fourth-order valence-electron chi connectivity index (χ4n) is 4.50. The predicted octanol–water partition coefficient (Wildman–Crippen LogP) is 1.36. The topological polar surface area (TPSA) is 31.2 Å². The lowest BCUT2D eigenvalue weighted by atomic mass is 10.1. The SMILES string of the molecule is Cc1cccc(N2CC[NH+](CC(=O)N3CCN(c4ccccc4)CC3)CC2)c1C. The van der Waals surface area contributed by atoms with Crippen LogP contribution in [-0.2, 0) is 4.79 Å².